The molecule has 2 heteroatoms. The van der Waals surface area contributed by atoms with Crippen LogP contribution in [0.5, 0.6) is 0 Å². The highest BCUT2D eigenvalue weighted by Crippen LogP contribution is 2.29. The Balaban J connectivity index is 4.35. The molecule has 0 aromatic carbocycles. The van der Waals surface area contributed by atoms with Crippen LogP contribution in [0.2, 0.25) is 0 Å². The quantitative estimate of drug-likeness (QED) is 0.177. The highest BCUT2D eigenvalue weighted by atomic mass is 16.7. The van der Waals surface area contributed by atoms with Gasteiger partial charge in [-0.2, -0.15) is 0 Å². The summed E-state index contributed by atoms with van der Waals surface area (Å²) in [6, 6.07) is 0. The molecular weight excluding hydrogens is 296 g/mol. The molecule has 0 saturated carbocycles. The van der Waals surface area contributed by atoms with Gasteiger partial charge in [-0.1, -0.05) is 85.5 Å². The molecule has 0 amide bonds. The van der Waals surface area contributed by atoms with Gasteiger partial charge in [0, 0.05) is 12.8 Å². The van der Waals surface area contributed by atoms with Gasteiger partial charge in [0.05, 0.1) is 13.2 Å². The SMILES string of the molecule is CCCCCCCCCC(CCCC)(OCCCC)OCCCC. The Morgan fingerprint density at radius 2 is 0.875 bits per heavy atom. The summed E-state index contributed by atoms with van der Waals surface area (Å²) in [4.78, 5) is 0. The average molecular weight is 343 g/mol. The van der Waals surface area contributed by atoms with Crippen LogP contribution in [0.3, 0.4) is 0 Å². The van der Waals surface area contributed by atoms with Gasteiger partial charge in [0.2, 0.25) is 0 Å². The van der Waals surface area contributed by atoms with E-state index in [0.29, 0.717) is 0 Å². The fourth-order valence-electron chi connectivity index (χ4n) is 3.06. The van der Waals surface area contributed by atoms with Crippen molar-refractivity contribution in [2.45, 2.75) is 130 Å². The maximum absolute atomic E-state index is 6.34. The molecule has 0 spiro atoms. The molecule has 0 aliphatic heterocycles. The minimum Gasteiger partial charge on any atom is -0.350 e. The third-order valence-corrected chi connectivity index (χ3v) is 4.80. The third kappa shape index (κ3) is 13.2. The van der Waals surface area contributed by atoms with E-state index >= 15 is 0 Å². The molecule has 0 heterocycles. The van der Waals surface area contributed by atoms with E-state index in [0.717, 1.165) is 38.9 Å². The zero-order chi connectivity index (χ0) is 17.9. The second-order valence-corrected chi connectivity index (χ2v) is 7.29. The summed E-state index contributed by atoms with van der Waals surface area (Å²) >= 11 is 0. The number of hydrogen-bond acceptors (Lipinski definition) is 2. The van der Waals surface area contributed by atoms with Crippen LogP contribution in [0.25, 0.3) is 0 Å². The topological polar surface area (TPSA) is 18.5 Å². The van der Waals surface area contributed by atoms with E-state index in [-0.39, 0.29) is 5.79 Å². The van der Waals surface area contributed by atoms with Crippen molar-refractivity contribution in [3.8, 4) is 0 Å². The molecule has 0 saturated heterocycles. The van der Waals surface area contributed by atoms with Crippen molar-refractivity contribution in [3.05, 3.63) is 0 Å². The molecule has 146 valence electrons. The summed E-state index contributed by atoms with van der Waals surface area (Å²) in [5, 5.41) is 0. The van der Waals surface area contributed by atoms with Crippen LogP contribution in [-0.4, -0.2) is 19.0 Å². The van der Waals surface area contributed by atoms with Gasteiger partial charge in [-0.15, -0.1) is 0 Å². The van der Waals surface area contributed by atoms with Crippen LogP contribution in [0.15, 0.2) is 0 Å². The Kier molecular flexibility index (Phi) is 17.7. The molecule has 0 aliphatic carbocycles. The van der Waals surface area contributed by atoms with Gasteiger partial charge in [0.1, 0.15) is 0 Å². The Labute approximate surface area is 153 Å². The van der Waals surface area contributed by atoms with E-state index in [1.54, 1.807) is 0 Å². The summed E-state index contributed by atoms with van der Waals surface area (Å²) in [7, 11) is 0. The summed E-state index contributed by atoms with van der Waals surface area (Å²) in [6.07, 6.45) is 18.7. The molecule has 0 N–H and O–H groups in total. The van der Waals surface area contributed by atoms with Gasteiger partial charge < -0.3 is 9.47 Å². The molecule has 0 atom stereocenters. The maximum Gasteiger partial charge on any atom is 0.168 e. The highest BCUT2D eigenvalue weighted by Gasteiger charge is 2.30. The van der Waals surface area contributed by atoms with E-state index in [4.69, 9.17) is 9.47 Å². The Morgan fingerprint density at radius 3 is 1.38 bits per heavy atom. The predicted octanol–water partition coefficient (Wildman–Crippen LogP) is 7.65. The average Bonchev–Trinajstić information content (AvgIpc) is 2.59. The summed E-state index contributed by atoms with van der Waals surface area (Å²) < 4.78 is 12.7. The first-order valence-corrected chi connectivity index (χ1v) is 11.0. The fourth-order valence-corrected chi connectivity index (χ4v) is 3.06. The highest BCUT2D eigenvalue weighted by molar-refractivity contribution is 4.71. The maximum atomic E-state index is 6.34. The van der Waals surface area contributed by atoms with Crippen LogP contribution >= 0.6 is 0 Å². The standard InChI is InChI=1S/C22H46O2/c1-5-9-13-14-15-16-17-19-22(18-10-6-2,23-20-11-7-3)24-21-12-8-4/h5-21H2,1-4H3. The van der Waals surface area contributed by atoms with Gasteiger partial charge in [-0.3, -0.25) is 0 Å². The first-order chi connectivity index (χ1) is 11.7. The van der Waals surface area contributed by atoms with Crippen molar-refractivity contribution >= 4 is 0 Å². The van der Waals surface area contributed by atoms with Crippen molar-refractivity contribution in [3.63, 3.8) is 0 Å². The second kappa shape index (κ2) is 17.7. The first kappa shape index (κ1) is 23.9. The Morgan fingerprint density at radius 1 is 0.458 bits per heavy atom. The first-order valence-electron chi connectivity index (χ1n) is 11.0. The molecule has 0 rings (SSSR count). The van der Waals surface area contributed by atoms with Gasteiger partial charge in [0.25, 0.3) is 0 Å². The lowest BCUT2D eigenvalue weighted by molar-refractivity contribution is -0.247. The van der Waals surface area contributed by atoms with E-state index in [2.05, 4.69) is 27.7 Å². The molecule has 0 radical (unpaired) electrons. The van der Waals surface area contributed by atoms with Gasteiger partial charge in [-0.25, -0.2) is 0 Å². The van der Waals surface area contributed by atoms with Gasteiger partial charge >= 0.3 is 0 Å². The molecule has 2 nitrogen and oxygen atoms in total. The third-order valence-electron chi connectivity index (χ3n) is 4.80. The number of ether oxygens (including phenoxy) is 2. The minimum absolute atomic E-state index is 0.302. The van der Waals surface area contributed by atoms with Crippen LogP contribution in [0, 0.1) is 0 Å². The van der Waals surface area contributed by atoms with E-state index in [1.165, 1.54) is 70.6 Å². The van der Waals surface area contributed by atoms with Crippen LogP contribution < -0.4 is 0 Å². The molecule has 0 aliphatic rings. The van der Waals surface area contributed by atoms with Crippen LogP contribution in [0.1, 0.15) is 124 Å². The zero-order valence-corrected chi connectivity index (χ0v) is 17.3. The molecular formula is C22H46O2. The van der Waals surface area contributed by atoms with Crippen molar-refractivity contribution in [2.75, 3.05) is 13.2 Å². The normalized spacial score (nSPS) is 12.0. The summed E-state index contributed by atoms with van der Waals surface area (Å²) in [5.74, 6) is -0.302. The van der Waals surface area contributed by atoms with Gasteiger partial charge in [-0.05, 0) is 25.7 Å². The van der Waals surface area contributed by atoms with Crippen LogP contribution in [-0.2, 0) is 9.47 Å². The molecule has 0 bridgehead atoms. The summed E-state index contributed by atoms with van der Waals surface area (Å²) in [5.41, 5.74) is 0. The van der Waals surface area contributed by atoms with E-state index in [1.807, 2.05) is 0 Å². The lowest BCUT2D eigenvalue weighted by Gasteiger charge is -2.34. The molecule has 24 heavy (non-hydrogen) atoms. The monoisotopic (exact) mass is 342 g/mol. The molecule has 0 aromatic heterocycles. The summed E-state index contributed by atoms with van der Waals surface area (Å²) in [6.45, 7) is 10.7. The lowest BCUT2D eigenvalue weighted by atomic mass is 9.99. The Hall–Kier alpha value is -0.0800. The fraction of sp³-hybridized carbons (Fsp3) is 1.00. The largest absolute Gasteiger partial charge is 0.350 e. The predicted molar refractivity (Wildman–Crippen MR) is 107 cm³/mol. The van der Waals surface area contributed by atoms with Crippen molar-refractivity contribution < 1.29 is 9.47 Å². The van der Waals surface area contributed by atoms with Crippen molar-refractivity contribution in [1.82, 2.24) is 0 Å². The molecule has 0 unspecified atom stereocenters. The number of unbranched alkanes of at least 4 members (excludes halogenated alkanes) is 9. The second-order valence-electron chi connectivity index (χ2n) is 7.29. The number of hydrogen-bond donors (Lipinski definition) is 0. The molecule has 0 aromatic rings. The lowest BCUT2D eigenvalue weighted by Crippen LogP contribution is -2.37. The van der Waals surface area contributed by atoms with Crippen LogP contribution in [0.4, 0.5) is 0 Å². The van der Waals surface area contributed by atoms with Gasteiger partial charge in [0.15, 0.2) is 5.79 Å². The van der Waals surface area contributed by atoms with E-state index in [9.17, 15) is 0 Å². The minimum atomic E-state index is -0.302. The zero-order valence-electron chi connectivity index (χ0n) is 17.3. The van der Waals surface area contributed by atoms with E-state index < -0.39 is 0 Å². The number of rotatable bonds is 19. The van der Waals surface area contributed by atoms with Crippen molar-refractivity contribution in [2.24, 2.45) is 0 Å². The van der Waals surface area contributed by atoms with Crippen molar-refractivity contribution in [1.29, 1.82) is 0 Å². The molecule has 0 fully saturated rings. The smallest absolute Gasteiger partial charge is 0.168 e. The Bertz CT molecular complexity index is 230.